The van der Waals surface area contributed by atoms with E-state index in [4.69, 9.17) is 28.4 Å². The van der Waals surface area contributed by atoms with Crippen molar-refractivity contribution < 1.29 is 89.1 Å². The number of fused-ring (bicyclic) bond motifs is 4. The highest BCUT2D eigenvalue weighted by molar-refractivity contribution is 5.82. The molecule has 1 amide bonds. The Balaban J connectivity index is 1.19. The molecule has 19 heteroatoms. The first-order valence-corrected chi connectivity index (χ1v) is 25.7. The molecule has 0 aromatic rings. The van der Waals surface area contributed by atoms with Crippen LogP contribution >= 0.6 is 0 Å². The number of carboxylic acids is 1. The molecular formula is C51H85NO18. The number of amides is 1. The van der Waals surface area contributed by atoms with Gasteiger partial charge >= 0.3 is 5.97 Å². The Labute approximate surface area is 412 Å². The van der Waals surface area contributed by atoms with E-state index in [0.29, 0.717) is 38.5 Å². The van der Waals surface area contributed by atoms with Crippen molar-refractivity contribution in [1.29, 1.82) is 0 Å². The van der Waals surface area contributed by atoms with Gasteiger partial charge in [0.1, 0.15) is 67.1 Å². The van der Waals surface area contributed by atoms with E-state index in [-0.39, 0.29) is 23.2 Å². The summed E-state index contributed by atoms with van der Waals surface area (Å²) in [5.41, 5.74) is -1.40. The SMILES string of the molecule is CC(=O)NC1C(OC2C(OC3CCC4(C)C5=C(CCC4C3(C)C)C3(C(=O)O)CCC(C(C)CCC(C)(O)C(C)(C)C)C3(C)CC5)OC(CO)C(O)C2OC2OCC(O)C(O)C2O)OC(CO)C(O)C1O. The van der Waals surface area contributed by atoms with E-state index in [1.807, 2.05) is 27.7 Å². The van der Waals surface area contributed by atoms with Gasteiger partial charge in [-0.05, 0) is 111 Å². The minimum absolute atomic E-state index is 0.0100. The van der Waals surface area contributed by atoms with E-state index in [1.165, 1.54) is 12.5 Å². The number of carbonyl (C=O) groups is 2. The Bertz CT molecular complexity index is 1910. The monoisotopic (exact) mass is 1000 g/mol. The molecule has 22 atom stereocenters. The largest absolute Gasteiger partial charge is 0.481 e. The maximum atomic E-state index is 14.0. The van der Waals surface area contributed by atoms with Crippen molar-refractivity contribution in [3.8, 4) is 0 Å². The second kappa shape index (κ2) is 20.3. The molecule has 0 bridgehead atoms. The predicted octanol–water partition coefficient (Wildman–Crippen LogP) is 1.63. The van der Waals surface area contributed by atoms with Gasteiger partial charge in [-0.2, -0.15) is 0 Å². The van der Waals surface area contributed by atoms with E-state index in [2.05, 4.69) is 39.9 Å². The smallest absolute Gasteiger partial charge is 0.314 e. The molecule has 0 spiro atoms. The van der Waals surface area contributed by atoms with Gasteiger partial charge in [0.15, 0.2) is 18.9 Å². The highest BCUT2D eigenvalue weighted by atomic mass is 16.8. The zero-order valence-electron chi connectivity index (χ0n) is 42.8. The summed E-state index contributed by atoms with van der Waals surface area (Å²) in [6.45, 7) is 18.2. The van der Waals surface area contributed by atoms with E-state index < -0.39 is 151 Å². The van der Waals surface area contributed by atoms with Crippen LogP contribution in [0.3, 0.4) is 0 Å². The van der Waals surface area contributed by atoms with E-state index in [1.54, 1.807) is 0 Å². The molecule has 2 saturated carbocycles. The Morgan fingerprint density at radius 1 is 0.757 bits per heavy atom. The van der Waals surface area contributed by atoms with Crippen molar-refractivity contribution in [2.45, 2.75) is 231 Å². The van der Waals surface area contributed by atoms with Gasteiger partial charge in [0, 0.05) is 6.92 Å². The molecule has 22 unspecified atom stereocenters. The van der Waals surface area contributed by atoms with Gasteiger partial charge in [-0.25, -0.2) is 0 Å². The van der Waals surface area contributed by atoms with Crippen molar-refractivity contribution >= 4 is 11.9 Å². The molecule has 3 aliphatic heterocycles. The predicted molar refractivity (Wildman–Crippen MR) is 249 cm³/mol. The maximum absolute atomic E-state index is 14.0. The molecule has 402 valence electrons. The quantitative estimate of drug-likeness (QED) is 0.110. The maximum Gasteiger partial charge on any atom is 0.314 e. The van der Waals surface area contributed by atoms with Crippen LogP contribution in [0.2, 0.25) is 0 Å². The molecular weight excluding hydrogens is 915 g/mol. The highest BCUT2D eigenvalue weighted by Gasteiger charge is 2.69. The second-order valence-electron chi connectivity index (χ2n) is 24.4. The van der Waals surface area contributed by atoms with Crippen LogP contribution in [-0.4, -0.2) is 180 Å². The summed E-state index contributed by atoms with van der Waals surface area (Å²) in [4.78, 5) is 26.5. The summed E-state index contributed by atoms with van der Waals surface area (Å²) in [5.74, 6) is -1.02. The summed E-state index contributed by atoms with van der Waals surface area (Å²) in [7, 11) is 0. The van der Waals surface area contributed by atoms with Gasteiger partial charge in [0.25, 0.3) is 0 Å². The van der Waals surface area contributed by atoms with Crippen LogP contribution in [-0.2, 0) is 38.0 Å². The van der Waals surface area contributed by atoms with Gasteiger partial charge in [-0.1, -0.05) is 66.5 Å². The van der Waals surface area contributed by atoms with Crippen LogP contribution in [0, 0.1) is 44.8 Å². The lowest BCUT2D eigenvalue weighted by molar-refractivity contribution is -0.389. The molecule has 7 rings (SSSR count). The third-order valence-corrected chi connectivity index (χ3v) is 19.3. The minimum atomic E-state index is -1.81. The number of aliphatic carboxylic acids is 1. The fourth-order valence-electron chi connectivity index (χ4n) is 14.5. The third-order valence-electron chi connectivity index (χ3n) is 19.3. The van der Waals surface area contributed by atoms with E-state index >= 15 is 0 Å². The van der Waals surface area contributed by atoms with Gasteiger partial charge in [0.2, 0.25) is 5.91 Å². The van der Waals surface area contributed by atoms with E-state index in [0.717, 1.165) is 31.3 Å². The first-order valence-electron chi connectivity index (χ1n) is 25.7. The molecule has 3 saturated heterocycles. The number of aliphatic hydroxyl groups excluding tert-OH is 8. The lowest BCUT2D eigenvalue weighted by Gasteiger charge is -2.62. The molecule has 0 aromatic carbocycles. The van der Waals surface area contributed by atoms with Crippen LogP contribution in [0.1, 0.15) is 133 Å². The number of carbonyl (C=O) groups excluding carboxylic acids is 1. The number of carboxylic acid groups (broad SMARTS) is 1. The summed E-state index contributed by atoms with van der Waals surface area (Å²) in [5, 5.41) is 112. The summed E-state index contributed by atoms with van der Waals surface area (Å²) < 4.78 is 37.5. The zero-order chi connectivity index (χ0) is 51.8. The molecule has 0 aromatic heterocycles. The zero-order valence-corrected chi connectivity index (χ0v) is 42.8. The number of nitrogens with one attached hydrogen (secondary N) is 1. The van der Waals surface area contributed by atoms with Crippen molar-refractivity contribution in [3.05, 3.63) is 11.1 Å². The Morgan fingerprint density at radius 2 is 1.39 bits per heavy atom. The first-order chi connectivity index (χ1) is 32.5. The number of ether oxygens (including phenoxy) is 6. The molecule has 0 radical (unpaired) electrons. The van der Waals surface area contributed by atoms with Crippen molar-refractivity contribution in [3.63, 3.8) is 0 Å². The number of hydrogen-bond donors (Lipinski definition) is 11. The summed E-state index contributed by atoms with van der Waals surface area (Å²) in [6, 6.07) is -1.44. The molecule has 70 heavy (non-hydrogen) atoms. The number of rotatable bonds is 14. The normalized spacial score (nSPS) is 46.5. The average Bonchev–Trinajstić information content (AvgIpc) is 3.61. The lowest BCUT2D eigenvalue weighted by atomic mass is 9.43. The molecule has 3 heterocycles. The van der Waals surface area contributed by atoms with Gasteiger partial charge in [-0.3, -0.25) is 9.59 Å². The van der Waals surface area contributed by atoms with Crippen LogP contribution in [0.25, 0.3) is 0 Å². The standard InChI is InChI=1S/C51H85NO18/c1-24(13-19-50(10,64)46(3,4)5)26-15-20-51(45(62)63)28-11-12-32-47(6,7)33(16-17-48(32,8)27(28)14-18-49(26,51)9)68-44-41(70-42-34(52-25(2)55)38(60)36(58)30(21-53)66-42)40(37(59)31(22-54)67-44)69-43-39(61)35(57)29(56)23-65-43/h24,26,29-44,53-54,56-61,64H,11-23H2,1-10H3,(H,52,55)(H,62,63). The summed E-state index contributed by atoms with van der Waals surface area (Å²) in [6.07, 6.45) is -14.7. The van der Waals surface area contributed by atoms with Crippen LogP contribution in [0.4, 0.5) is 0 Å². The number of allylic oxidation sites excluding steroid dienone is 1. The Morgan fingerprint density at radius 3 is 2.00 bits per heavy atom. The van der Waals surface area contributed by atoms with Crippen molar-refractivity contribution in [2.75, 3.05) is 19.8 Å². The van der Waals surface area contributed by atoms with Gasteiger partial charge < -0.3 is 84.8 Å². The van der Waals surface area contributed by atoms with Crippen LogP contribution in [0.5, 0.6) is 0 Å². The average molecular weight is 1000 g/mol. The van der Waals surface area contributed by atoms with Crippen molar-refractivity contribution in [1.82, 2.24) is 5.32 Å². The highest BCUT2D eigenvalue weighted by Crippen LogP contribution is 2.73. The summed E-state index contributed by atoms with van der Waals surface area (Å²) >= 11 is 0. The Hall–Kier alpha value is -1.92. The minimum Gasteiger partial charge on any atom is -0.481 e. The topological polar surface area (TPSA) is 304 Å². The number of hydrogen-bond acceptors (Lipinski definition) is 17. The molecule has 7 aliphatic rings. The lowest BCUT2D eigenvalue weighted by Crippen LogP contribution is -2.69. The Kier molecular flexibility index (Phi) is 16.2. The van der Waals surface area contributed by atoms with Crippen molar-refractivity contribution in [2.24, 2.45) is 44.8 Å². The molecule has 19 nitrogen and oxygen atoms in total. The molecule has 5 fully saturated rings. The number of aliphatic hydroxyl groups is 9. The van der Waals surface area contributed by atoms with Crippen LogP contribution < -0.4 is 5.32 Å². The third kappa shape index (κ3) is 9.45. The van der Waals surface area contributed by atoms with Gasteiger partial charge in [0.05, 0.1) is 36.9 Å². The van der Waals surface area contributed by atoms with E-state index in [9.17, 15) is 60.7 Å². The fourth-order valence-corrected chi connectivity index (χ4v) is 14.5. The van der Waals surface area contributed by atoms with Gasteiger partial charge in [-0.15, -0.1) is 0 Å². The second-order valence-corrected chi connectivity index (χ2v) is 24.4. The van der Waals surface area contributed by atoms with Crippen LogP contribution in [0.15, 0.2) is 11.1 Å². The molecule has 4 aliphatic carbocycles. The fraction of sp³-hybridized carbons (Fsp3) is 0.922. The molecule has 11 N–H and O–H groups in total. The first kappa shape index (κ1) is 55.8.